The molecule has 5 atom stereocenters. The molecule has 17 nitrogen and oxygen atoms in total. The molecule has 0 heterocycles. The highest BCUT2D eigenvalue weighted by molar-refractivity contribution is 7.47. The molecule has 0 bridgehead atoms. The van der Waals surface area contributed by atoms with Crippen LogP contribution in [0.3, 0.4) is 0 Å². The minimum Gasteiger partial charge on any atom is -0.462 e. The number of ether oxygens (including phenoxy) is 4. The molecule has 19 heteroatoms. The van der Waals surface area contributed by atoms with Gasteiger partial charge in [-0.2, -0.15) is 0 Å². The Balaban J connectivity index is 5.32. The van der Waals surface area contributed by atoms with Crippen molar-refractivity contribution >= 4 is 39.5 Å². The van der Waals surface area contributed by atoms with Gasteiger partial charge in [-0.25, -0.2) is 9.13 Å². The van der Waals surface area contributed by atoms with E-state index < -0.39 is 97.5 Å². The van der Waals surface area contributed by atoms with Crippen LogP contribution in [0.25, 0.3) is 0 Å². The van der Waals surface area contributed by atoms with E-state index >= 15 is 0 Å². The number of hydrogen-bond acceptors (Lipinski definition) is 15. The van der Waals surface area contributed by atoms with Crippen LogP contribution in [0.4, 0.5) is 0 Å². The zero-order valence-corrected chi connectivity index (χ0v) is 67.5. The van der Waals surface area contributed by atoms with Crippen LogP contribution in [0.1, 0.15) is 349 Å². The SMILES string of the molecule is CC/C=C\C/C=C\C/C=C\C/C=C\CCCCCCCCC(=O)OCC(COP(=O)(O)OCC(O)COP(=O)(O)OCC(COC(=O)CCCCCCCC/C=C\C/C=C\C/C=C\C/C=C\CC)OC(=O)CCCCCCCCCCCCCCCCC)OC(=O)CCCCCCC/C=C\CCCC. The first-order valence-electron chi connectivity index (χ1n) is 41.1. The molecule has 3 N–H and O–H groups in total. The maximum atomic E-state index is 13.1. The molecule has 104 heavy (non-hydrogen) atoms. The number of phosphoric ester groups is 2. The standard InChI is InChI=1S/C85H148O17P2/c1-5-9-13-17-21-25-29-32-35-37-39-41-44-46-50-53-57-61-65-69-82(87)95-75-80(101-84(89)71-67-63-59-55-49-28-24-20-16-12-8-4)77-99-103(91,92)97-73-79(86)74-98-104(93,94)100-78-81(102-85(90)72-68-64-60-56-52-48-43-34-31-27-23-19-15-11-7-3)76-96-83(88)70-66-62-58-54-51-47-45-42-40-38-36-33-30-26-22-18-14-10-6-2/h9-10,13-14,20-22,24-26,32-33,35-36,39-42,79-81,86H,5-8,11-12,15-19,23,27-31,34,37-38,43-78H2,1-4H3,(H,91,92)(H,93,94)/b13-9-,14-10-,24-20-,25-21-,26-22-,35-32-,36-33-,41-39-,42-40-. The lowest BCUT2D eigenvalue weighted by atomic mass is 10.0. The van der Waals surface area contributed by atoms with Crippen LogP contribution in [0.5, 0.6) is 0 Å². The number of rotatable bonds is 77. The molecule has 0 saturated carbocycles. The summed E-state index contributed by atoms with van der Waals surface area (Å²) < 4.78 is 68.7. The molecule has 0 rings (SSSR count). The van der Waals surface area contributed by atoms with E-state index in [2.05, 4.69) is 137 Å². The van der Waals surface area contributed by atoms with Crippen LogP contribution in [0, 0.1) is 0 Å². The van der Waals surface area contributed by atoms with Gasteiger partial charge in [0.1, 0.15) is 19.3 Å². The molecule has 0 aromatic heterocycles. The number of aliphatic hydroxyl groups is 1. The van der Waals surface area contributed by atoms with Crippen molar-refractivity contribution in [1.29, 1.82) is 0 Å². The molecule has 0 fully saturated rings. The number of carbonyl (C=O) groups excluding carboxylic acids is 4. The minimum absolute atomic E-state index is 0.0808. The molecule has 0 spiro atoms. The van der Waals surface area contributed by atoms with E-state index in [-0.39, 0.29) is 25.7 Å². The van der Waals surface area contributed by atoms with E-state index in [4.69, 9.17) is 37.0 Å². The van der Waals surface area contributed by atoms with Gasteiger partial charge in [0.25, 0.3) is 0 Å². The summed E-state index contributed by atoms with van der Waals surface area (Å²) in [6.07, 6.45) is 83.5. The molecular weight excluding hydrogens is 1350 g/mol. The number of phosphoric acid groups is 2. The topological polar surface area (TPSA) is 237 Å². The van der Waals surface area contributed by atoms with Crippen LogP contribution in [-0.4, -0.2) is 96.7 Å². The van der Waals surface area contributed by atoms with Crippen molar-refractivity contribution in [2.45, 2.75) is 367 Å². The lowest BCUT2D eigenvalue weighted by Crippen LogP contribution is -2.30. The highest BCUT2D eigenvalue weighted by Gasteiger charge is 2.30. The zero-order valence-electron chi connectivity index (χ0n) is 65.7. The first-order valence-corrected chi connectivity index (χ1v) is 44.1. The summed E-state index contributed by atoms with van der Waals surface area (Å²) >= 11 is 0. The van der Waals surface area contributed by atoms with Crippen molar-refractivity contribution in [2.24, 2.45) is 0 Å². The molecule has 0 aliphatic carbocycles. The third-order valence-electron chi connectivity index (χ3n) is 17.2. The van der Waals surface area contributed by atoms with Gasteiger partial charge in [-0.3, -0.25) is 37.3 Å². The number of hydrogen-bond donors (Lipinski definition) is 3. The van der Waals surface area contributed by atoms with Crippen LogP contribution in [0.2, 0.25) is 0 Å². The predicted molar refractivity (Wildman–Crippen MR) is 427 cm³/mol. The monoisotopic (exact) mass is 1500 g/mol. The van der Waals surface area contributed by atoms with Crippen molar-refractivity contribution in [3.05, 3.63) is 109 Å². The number of aliphatic hydroxyl groups excluding tert-OH is 1. The van der Waals surface area contributed by atoms with Crippen LogP contribution in [0.15, 0.2) is 109 Å². The fourth-order valence-electron chi connectivity index (χ4n) is 11.0. The van der Waals surface area contributed by atoms with E-state index in [0.717, 1.165) is 193 Å². The van der Waals surface area contributed by atoms with Crippen molar-refractivity contribution in [2.75, 3.05) is 39.6 Å². The van der Waals surface area contributed by atoms with Gasteiger partial charge < -0.3 is 33.8 Å². The average Bonchev–Trinajstić information content (AvgIpc) is 0.931. The predicted octanol–water partition coefficient (Wildman–Crippen LogP) is 24.1. The van der Waals surface area contributed by atoms with E-state index in [1.165, 1.54) is 77.0 Å². The maximum Gasteiger partial charge on any atom is 0.472 e. The number of unbranched alkanes of at least 4 members (excludes halogenated alkanes) is 33. The van der Waals surface area contributed by atoms with E-state index in [9.17, 15) is 43.2 Å². The van der Waals surface area contributed by atoms with E-state index in [0.29, 0.717) is 25.7 Å². The molecule has 5 unspecified atom stereocenters. The molecule has 0 radical (unpaired) electrons. The fourth-order valence-corrected chi connectivity index (χ4v) is 12.6. The van der Waals surface area contributed by atoms with Crippen LogP contribution in [-0.2, 0) is 65.4 Å². The normalized spacial score (nSPS) is 14.4. The molecule has 0 amide bonds. The summed E-state index contributed by atoms with van der Waals surface area (Å²) in [5.41, 5.74) is 0. The highest BCUT2D eigenvalue weighted by Crippen LogP contribution is 2.45. The molecule has 0 aromatic carbocycles. The summed E-state index contributed by atoms with van der Waals surface area (Å²) in [6, 6.07) is 0. The molecule has 0 aromatic rings. The number of allylic oxidation sites excluding steroid dienone is 18. The van der Waals surface area contributed by atoms with Crippen LogP contribution < -0.4 is 0 Å². The van der Waals surface area contributed by atoms with Gasteiger partial charge in [0, 0.05) is 25.7 Å². The van der Waals surface area contributed by atoms with Gasteiger partial charge >= 0.3 is 39.5 Å². The second-order valence-electron chi connectivity index (χ2n) is 27.3. The molecular formula is C85H148O17P2. The Hall–Kier alpha value is -4.28. The Labute approximate surface area is 632 Å². The molecule has 600 valence electrons. The summed E-state index contributed by atoms with van der Waals surface area (Å²) in [6.45, 7) is 4.62. The number of carbonyl (C=O) groups is 4. The first kappa shape index (κ1) is 99.7. The second kappa shape index (κ2) is 76.9. The fraction of sp³-hybridized carbons (Fsp3) is 0.741. The molecule has 0 saturated heterocycles. The third-order valence-corrected chi connectivity index (χ3v) is 19.1. The van der Waals surface area contributed by atoms with Gasteiger partial charge in [0.05, 0.1) is 26.4 Å². The zero-order chi connectivity index (χ0) is 76.0. The molecule has 0 aliphatic heterocycles. The summed E-state index contributed by atoms with van der Waals surface area (Å²) in [7, 11) is -9.96. The Morgan fingerprint density at radius 3 is 0.808 bits per heavy atom. The Bertz CT molecular complexity index is 2390. The smallest absolute Gasteiger partial charge is 0.462 e. The third kappa shape index (κ3) is 75.9. The van der Waals surface area contributed by atoms with E-state index in [1.807, 2.05) is 0 Å². The van der Waals surface area contributed by atoms with E-state index in [1.54, 1.807) is 0 Å². The first-order chi connectivity index (χ1) is 50.7. The average molecular weight is 1500 g/mol. The van der Waals surface area contributed by atoms with Gasteiger partial charge in [0.15, 0.2) is 12.2 Å². The lowest BCUT2D eigenvalue weighted by molar-refractivity contribution is -0.161. The summed E-state index contributed by atoms with van der Waals surface area (Å²) in [5, 5.41) is 10.6. The van der Waals surface area contributed by atoms with Crippen LogP contribution >= 0.6 is 15.6 Å². The largest absolute Gasteiger partial charge is 0.472 e. The second-order valence-corrected chi connectivity index (χ2v) is 30.2. The van der Waals surface area contributed by atoms with Crippen molar-refractivity contribution in [3.8, 4) is 0 Å². The van der Waals surface area contributed by atoms with Crippen molar-refractivity contribution in [3.63, 3.8) is 0 Å². The molecule has 0 aliphatic rings. The maximum absolute atomic E-state index is 13.1. The van der Waals surface area contributed by atoms with Crippen molar-refractivity contribution < 1.29 is 80.2 Å². The Morgan fingerprint density at radius 2 is 0.510 bits per heavy atom. The summed E-state index contributed by atoms with van der Waals surface area (Å²) in [4.78, 5) is 73.1. The van der Waals surface area contributed by atoms with Gasteiger partial charge in [-0.15, -0.1) is 0 Å². The number of esters is 4. The van der Waals surface area contributed by atoms with Gasteiger partial charge in [-0.1, -0.05) is 310 Å². The Morgan fingerprint density at radius 1 is 0.279 bits per heavy atom. The summed E-state index contributed by atoms with van der Waals surface area (Å²) in [5.74, 6) is -2.20. The van der Waals surface area contributed by atoms with Gasteiger partial charge in [0.2, 0.25) is 0 Å². The minimum atomic E-state index is -4.98. The van der Waals surface area contributed by atoms with Crippen molar-refractivity contribution in [1.82, 2.24) is 0 Å². The Kier molecular flexibility index (Phi) is 73.7. The highest BCUT2D eigenvalue weighted by atomic mass is 31.2. The quantitative estimate of drug-likeness (QED) is 0.0169. The lowest BCUT2D eigenvalue weighted by Gasteiger charge is -2.21. The van der Waals surface area contributed by atoms with Gasteiger partial charge in [-0.05, 0) is 122 Å².